The molecule has 0 bridgehead atoms. The van der Waals surface area contributed by atoms with E-state index in [9.17, 15) is 9.59 Å². The first-order chi connectivity index (χ1) is 10.5. The summed E-state index contributed by atoms with van der Waals surface area (Å²) in [5.74, 6) is 0.309. The molecule has 1 aromatic rings. The zero-order valence-electron chi connectivity index (χ0n) is 13.6. The molecule has 2 amide bonds. The molecule has 122 valence electrons. The summed E-state index contributed by atoms with van der Waals surface area (Å²) >= 11 is 1.51. The molecule has 0 aromatic carbocycles. The van der Waals surface area contributed by atoms with Gasteiger partial charge in [-0.25, -0.2) is 0 Å². The molecule has 1 aliphatic rings. The topological polar surface area (TPSA) is 61.4 Å². The van der Waals surface area contributed by atoms with Gasteiger partial charge in [0.25, 0.3) is 5.91 Å². The molecule has 0 saturated carbocycles. The van der Waals surface area contributed by atoms with Crippen molar-refractivity contribution in [2.75, 3.05) is 31.5 Å². The number of aryl methyl sites for hydroxylation is 1. The minimum atomic E-state index is -0.0196. The number of rotatable bonds is 5. The van der Waals surface area contributed by atoms with Crippen LogP contribution in [0.5, 0.6) is 0 Å². The molecule has 0 atom stereocenters. The number of amides is 2. The molecule has 1 fully saturated rings. The van der Waals surface area contributed by atoms with E-state index in [0.717, 1.165) is 37.5 Å². The number of hydrogen-bond donors (Lipinski definition) is 2. The molecule has 0 unspecified atom stereocenters. The van der Waals surface area contributed by atoms with Gasteiger partial charge >= 0.3 is 0 Å². The fourth-order valence-electron chi connectivity index (χ4n) is 2.45. The molecule has 6 heteroatoms. The molecule has 0 spiro atoms. The van der Waals surface area contributed by atoms with Crippen molar-refractivity contribution in [3.63, 3.8) is 0 Å². The third-order valence-corrected chi connectivity index (χ3v) is 4.81. The van der Waals surface area contributed by atoms with Crippen molar-refractivity contribution >= 4 is 28.2 Å². The van der Waals surface area contributed by atoms with Gasteiger partial charge in [-0.2, -0.15) is 0 Å². The quantitative estimate of drug-likeness (QED) is 0.874. The number of hydrogen-bond acceptors (Lipinski definition) is 4. The van der Waals surface area contributed by atoms with E-state index in [1.54, 1.807) is 0 Å². The summed E-state index contributed by atoms with van der Waals surface area (Å²) in [6.07, 6.45) is 1.34. The fourth-order valence-corrected chi connectivity index (χ4v) is 3.46. The van der Waals surface area contributed by atoms with E-state index in [4.69, 9.17) is 0 Å². The Bertz CT molecular complexity index is 533. The molecule has 2 heterocycles. The third kappa shape index (κ3) is 4.30. The summed E-state index contributed by atoms with van der Waals surface area (Å²) in [6, 6.07) is 1.93. The van der Waals surface area contributed by atoms with E-state index in [2.05, 4.69) is 17.6 Å². The molecule has 2 rings (SSSR count). The molecular formula is C16H25N3O2S. The first kappa shape index (κ1) is 17.0. The standard InChI is InChI=1S/C16H25N3O2S/c1-4-12-10-13(16(21)19-7-5-17-6-8-19)15(22-12)18-14(20)9-11(2)3/h10-11,17H,4-9H2,1-3H3,(H,18,20). The van der Waals surface area contributed by atoms with E-state index >= 15 is 0 Å². The fraction of sp³-hybridized carbons (Fsp3) is 0.625. The van der Waals surface area contributed by atoms with Crippen LogP contribution in [-0.4, -0.2) is 42.9 Å². The van der Waals surface area contributed by atoms with Gasteiger partial charge in [0.2, 0.25) is 5.91 Å². The van der Waals surface area contributed by atoms with Gasteiger partial charge in [-0.1, -0.05) is 20.8 Å². The second-order valence-corrected chi connectivity index (χ2v) is 7.13. The van der Waals surface area contributed by atoms with Crippen LogP contribution in [-0.2, 0) is 11.2 Å². The van der Waals surface area contributed by atoms with Crippen LogP contribution in [0.4, 0.5) is 5.00 Å². The average molecular weight is 323 g/mol. The highest BCUT2D eigenvalue weighted by atomic mass is 32.1. The summed E-state index contributed by atoms with van der Waals surface area (Å²) in [7, 11) is 0. The van der Waals surface area contributed by atoms with E-state index in [1.165, 1.54) is 11.3 Å². The lowest BCUT2D eigenvalue weighted by Crippen LogP contribution is -2.46. The van der Waals surface area contributed by atoms with Gasteiger partial charge in [0, 0.05) is 37.5 Å². The van der Waals surface area contributed by atoms with Crippen LogP contribution in [0.3, 0.4) is 0 Å². The number of nitrogens with one attached hydrogen (secondary N) is 2. The number of anilines is 1. The maximum Gasteiger partial charge on any atom is 0.256 e. The largest absolute Gasteiger partial charge is 0.336 e. The Morgan fingerprint density at radius 2 is 2.05 bits per heavy atom. The van der Waals surface area contributed by atoms with Crippen LogP contribution in [0.15, 0.2) is 6.07 Å². The maximum absolute atomic E-state index is 12.7. The molecule has 22 heavy (non-hydrogen) atoms. The van der Waals surface area contributed by atoms with Crippen LogP contribution in [0.2, 0.25) is 0 Å². The van der Waals surface area contributed by atoms with Crippen LogP contribution >= 0.6 is 11.3 Å². The van der Waals surface area contributed by atoms with E-state index < -0.39 is 0 Å². The van der Waals surface area contributed by atoms with E-state index in [1.807, 2.05) is 24.8 Å². The monoisotopic (exact) mass is 323 g/mol. The molecule has 2 N–H and O–H groups in total. The van der Waals surface area contributed by atoms with E-state index in [0.29, 0.717) is 22.9 Å². The van der Waals surface area contributed by atoms with Gasteiger partial charge in [-0.05, 0) is 18.4 Å². The Hall–Kier alpha value is -1.40. The van der Waals surface area contributed by atoms with Crippen LogP contribution in [0.1, 0.15) is 42.4 Å². The highest BCUT2D eigenvalue weighted by Crippen LogP contribution is 2.30. The van der Waals surface area contributed by atoms with Crippen molar-refractivity contribution < 1.29 is 9.59 Å². The molecular weight excluding hydrogens is 298 g/mol. The Labute approximate surface area is 136 Å². The number of piperazine rings is 1. The van der Waals surface area contributed by atoms with Gasteiger partial charge in [-0.15, -0.1) is 11.3 Å². The average Bonchev–Trinajstić information content (AvgIpc) is 2.89. The minimum Gasteiger partial charge on any atom is -0.336 e. The highest BCUT2D eigenvalue weighted by molar-refractivity contribution is 7.16. The second kappa shape index (κ2) is 7.74. The van der Waals surface area contributed by atoms with Gasteiger partial charge < -0.3 is 15.5 Å². The first-order valence-corrected chi connectivity index (χ1v) is 8.75. The molecule has 1 aromatic heterocycles. The van der Waals surface area contributed by atoms with E-state index in [-0.39, 0.29) is 11.8 Å². The predicted octanol–water partition coefficient (Wildman–Crippen LogP) is 2.34. The lowest BCUT2D eigenvalue weighted by atomic mass is 10.1. The second-order valence-electron chi connectivity index (χ2n) is 6.00. The van der Waals surface area contributed by atoms with Crippen LogP contribution in [0.25, 0.3) is 0 Å². The molecule has 0 aliphatic carbocycles. The smallest absolute Gasteiger partial charge is 0.256 e. The van der Waals surface area contributed by atoms with Gasteiger partial charge in [-0.3, -0.25) is 9.59 Å². The molecule has 5 nitrogen and oxygen atoms in total. The van der Waals surface area contributed by atoms with Crippen molar-refractivity contribution in [1.29, 1.82) is 0 Å². The number of carbonyl (C=O) groups excluding carboxylic acids is 2. The maximum atomic E-state index is 12.7. The van der Waals surface area contributed by atoms with Crippen molar-refractivity contribution in [2.45, 2.75) is 33.6 Å². The normalized spacial score (nSPS) is 15.2. The Morgan fingerprint density at radius 1 is 1.36 bits per heavy atom. The van der Waals surface area contributed by atoms with Crippen molar-refractivity contribution in [2.24, 2.45) is 5.92 Å². The van der Waals surface area contributed by atoms with Crippen molar-refractivity contribution in [1.82, 2.24) is 10.2 Å². The predicted molar refractivity (Wildman–Crippen MR) is 90.6 cm³/mol. The number of carbonyl (C=O) groups is 2. The summed E-state index contributed by atoms with van der Waals surface area (Å²) in [5.41, 5.74) is 0.640. The van der Waals surface area contributed by atoms with Gasteiger partial charge in [0.1, 0.15) is 5.00 Å². The van der Waals surface area contributed by atoms with Crippen molar-refractivity contribution in [3.8, 4) is 0 Å². The van der Waals surface area contributed by atoms with Gasteiger partial charge in [0.05, 0.1) is 5.56 Å². The molecule has 1 saturated heterocycles. The summed E-state index contributed by atoms with van der Waals surface area (Å²) < 4.78 is 0. The molecule has 0 radical (unpaired) electrons. The van der Waals surface area contributed by atoms with Gasteiger partial charge in [0.15, 0.2) is 0 Å². The minimum absolute atomic E-state index is 0.0196. The first-order valence-electron chi connectivity index (χ1n) is 7.93. The van der Waals surface area contributed by atoms with Crippen molar-refractivity contribution in [3.05, 3.63) is 16.5 Å². The lowest BCUT2D eigenvalue weighted by molar-refractivity contribution is -0.116. The molecule has 1 aliphatic heterocycles. The summed E-state index contributed by atoms with van der Waals surface area (Å²) in [4.78, 5) is 27.7. The number of nitrogens with zero attached hydrogens (tertiary/aromatic N) is 1. The number of thiophene rings is 1. The SMILES string of the molecule is CCc1cc(C(=O)N2CCNCC2)c(NC(=O)CC(C)C)s1. The Morgan fingerprint density at radius 3 is 2.64 bits per heavy atom. The zero-order chi connectivity index (χ0) is 16.1. The lowest BCUT2D eigenvalue weighted by Gasteiger charge is -2.27. The Balaban J connectivity index is 2.16. The van der Waals surface area contributed by atoms with Crippen LogP contribution < -0.4 is 10.6 Å². The zero-order valence-corrected chi connectivity index (χ0v) is 14.4. The third-order valence-electron chi connectivity index (χ3n) is 3.61. The van der Waals surface area contributed by atoms with Crippen LogP contribution in [0, 0.1) is 5.92 Å². The summed E-state index contributed by atoms with van der Waals surface area (Å²) in [6.45, 7) is 9.17. The highest BCUT2D eigenvalue weighted by Gasteiger charge is 2.23. The Kier molecular flexibility index (Phi) is 5.97. The summed E-state index contributed by atoms with van der Waals surface area (Å²) in [5, 5.41) is 6.88.